The molecule has 1 aliphatic rings. The normalized spacial score (nSPS) is 18.9. The van der Waals surface area contributed by atoms with Gasteiger partial charge in [-0.15, -0.1) is 0 Å². The van der Waals surface area contributed by atoms with Crippen molar-refractivity contribution in [3.8, 4) is 0 Å². The Bertz CT molecular complexity index is 350. The van der Waals surface area contributed by atoms with Crippen molar-refractivity contribution >= 4 is 11.9 Å². The van der Waals surface area contributed by atoms with Gasteiger partial charge in [-0.1, -0.05) is 19.8 Å². The van der Waals surface area contributed by atoms with Crippen LogP contribution in [0.4, 0.5) is 0 Å². The highest BCUT2D eigenvalue weighted by Crippen LogP contribution is 2.21. The quantitative estimate of drug-likeness (QED) is 0.577. The molecule has 0 aromatic rings. The molecule has 1 aliphatic heterocycles. The average molecular weight is 298 g/mol. The van der Waals surface area contributed by atoms with Crippen molar-refractivity contribution in [2.75, 3.05) is 19.6 Å². The van der Waals surface area contributed by atoms with E-state index in [9.17, 15) is 9.59 Å². The summed E-state index contributed by atoms with van der Waals surface area (Å²) in [4.78, 5) is 26.0. The number of esters is 1. The van der Waals surface area contributed by atoms with Gasteiger partial charge in [-0.2, -0.15) is 0 Å². The zero-order valence-electron chi connectivity index (χ0n) is 13.9. The molecule has 0 aliphatic carbocycles. The van der Waals surface area contributed by atoms with Gasteiger partial charge in [-0.3, -0.25) is 4.79 Å². The first-order chi connectivity index (χ1) is 9.85. The van der Waals surface area contributed by atoms with Crippen LogP contribution in [-0.2, 0) is 14.3 Å². The lowest BCUT2D eigenvalue weighted by molar-refractivity contribution is -0.163. The summed E-state index contributed by atoms with van der Waals surface area (Å²) >= 11 is 0. The summed E-state index contributed by atoms with van der Waals surface area (Å²) in [5.41, 5.74) is -0.507. The predicted molar refractivity (Wildman–Crippen MR) is 83.0 cm³/mol. The van der Waals surface area contributed by atoms with Crippen LogP contribution < -0.4 is 5.32 Å². The minimum Gasteiger partial charge on any atom is -0.458 e. The number of carbonyl (C=O) groups excluding carboxylic acids is 2. The van der Waals surface area contributed by atoms with Crippen LogP contribution in [0.5, 0.6) is 0 Å². The van der Waals surface area contributed by atoms with E-state index in [1.165, 1.54) is 12.8 Å². The molecular weight excluding hydrogens is 268 g/mol. The molecule has 1 heterocycles. The van der Waals surface area contributed by atoms with Gasteiger partial charge in [0.2, 0.25) is 5.91 Å². The SMILES string of the molecule is CCCCCNCC(=O)N1CCC[C@H]1C(=O)OC(C)(C)C. The van der Waals surface area contributed by atoms with Gasteiger partial charge in [0.05, 0.1) is 6.54 Å². The highest BCUT2D eigenvalue weighted by atomic mass is 16.6. The molecule has 1 saturated heterocycles. The average Bonchev–Trinajstić information content (AvgIpc) is 2.85. The van der Waals surface area contributed by atoms with Crippen LogP contribution in [0, 0.1) is 0 Å². The summed E-state index contributed by atoms with van der Waals surface area (Å²) in [6, 6.07) is -0.408. The number of carbonyl (C=O) groups is 2. The zero-order valence-corrected chi connectivity index (χ0v) is 13.9. The highest BCUT2D eigenvalue weighted by Gasteiger charge is 2.36. The molecule has 5 nitrogen and oxygen atoms in total. The molecule has 0 radical (unpaired) electrons. The Morgan fingerprint density at radius 3 is 2.62 bits per heavy atom. The summed E-state index contributed by atoms with van der Waals surface area (Å²) in [7, 11) is 0. The second-order valence-electron chi connectivity index (χ2n) is 6.66. The van der Waals surface area contributed by atoms with Gasteiger partial charge in [-0.25, -0.2) is 4.79 Å². The minimum atomic E-state index is -0.507. The van der Waals surface area contributed by atoms with Gasteiger partial charge < -0.3 is 15.0 Å². The maximum atomic E-state index is 12.2. The van der Waals surface area contributed by atoms with Crippen LogP contribution >= 0.6 is 0 Å². The van der Waals surface area contributed by atoms with Gasteiger partial charge >= 0.3 is 5.97 Å². The molecule has 21 heavy (non-hydrogen) atoms. The van der Waals surface area contributed by atoms with E-state index in [1.807, 2.05) is 20.8 Å². The molecule has 1 fully saturated rings. The zero-order chi connectivity index (χ0) is 15.9. The maximum Gasteiger partial charge on any atom is 0.329 e. The fourth-order valence-electron chi connectivity index (χ4n) is 2.48. The lowest BCUT2D eigenvalue weighted by Gasteiger charge is -2.27. The van der Waals surface area contributed by atoms with E-state index in [1.54, 1.807) is 4.90 Å². The summed E-state index contributed by atoms with van der Waals surface area (Å²) in [6.07, 6.45) is 5.00. The summed E-state index contributed by atoms with van der Waals surface area (Å²) in [6.45, 7) is 9.51. The lowest BCUT2D eigenvalue weighted by atomic mass is 10.1. The summed E-state index contributed by atoms with van der Waals surface area (Å²) in [5.74, 6) is -0.279. The maximum absolute atomic E-state index is 12.2. The predicted octanol–water partition coefficient (Wildman–Crippen LogP) is 2.10. The van der Waals surface area contributed by atoms with E-state index >= 15 is 0 Å². The molecule has 0 aromatic carbocycles. The molecule has 0 bridgehead atoms. The third-order valence-electron chi connectivity index (χ3n) is 3.49. The fourth-order valence-corrected chi connectivity index (χ4v) is 2.48. The number of hydrogen-bond acceptors (Lipinski definition) is 4. The number of rotatable bonds is 7. The fraction of sp³-hybridized carbons (Fsp3) is 0.875. The molecule has 0 aromatic heterocycles. The number of hydrogen-bond donors (Lipinski definition) is 1. The van der Waals surface area contributed by atoms with Gasteiger partial charge in [0.1, 0.15) is 11.6 Å². The largest absolute Gasteiger partial charge is 0.458 e. The Labute approximate surface area is 128 Å². The number of nitrogens with one attached hydrogen (secondary N) is 1. The molecule has 1 N–H and O–H groups in total. The molecular formula is C16H30N2O3. The van der Waals surface area contributed by atoms with E-state index in [-0.39, 0.29) is 11.9 Å². The molecule has 122 valence electrons. The number of ether oxygens (including phenoxy) is 1. The van der Waals surface area contributed by atoms with Crippen molar-refractivity contribution in [2.45, 2.75) is 71.4 Å². The van der Waals surface area contributed by atoms with Gasteiger partial charge in [0.25, 0.3) is 0 Å². The second-order valence-corrected chi connectivity index (χ2v) is 6.66. The van der Waals surface area contributed by atoms with Crippen LogP contribution in [0.2, 0.25) is 0 Å². The molecule has 0 unspecified atom stereocenters. The first kappa shape index (κ1) is 18.0. The first-order valence-electron chi connectivity index (χ1n) is 8.08. The van der Waals surface area contributed by atoms with Crippen LogP contribution in [0.15, 0.2) is 0 Å². The van der Waals surface area contributed by atoms with E-state index in [4.69, 9.17) is 4.74 Å². The third kappa shape index (κ3) is 6.46. The van der Waals surface area contributed by atoms with Crippen molar-refractivity contribution in [1.29, 1.82) is 0 Å². The molecule has 1 atom stereocenters. The Morgan fingerprint density at radius 1 is 1.29 bits per heavy atom. The van der Waals surface area contributed by atoms with Crippen LogP contribution in [-0.4, -0.2) is 48.1 Å². The van der Waals surface area contributed by atoms with E-state index in [0.29, 0.717) is 19.5 Å². The Kier molecular flexibility index (Phi) is 7.15. The van der Waals surface area contributed by atoms with Crippen molar-refractivity contribution in [1.82, 2.24) is 10.2 Å². The second kappa shape index (κ2) is 8.37. The standard InChI is InChI=1S/C16H30N2O3/c1-5-6-7-10-17-12-14(19)18-11-8-9-13(18)15(20)21-16(2,3)4/h13,17H,5-12H2,1-4H3/t13-/m0/s1. The summed E-state index contributed by atoms with van der Waals surface area (Å²) < 4.78 is 5.41. The Balaban J connectivity index is 2.41. The Morgan fingerprint density at radius 2 is 2.00 bits per heavy atom. The molecule has 1 amide bonds. The minimum absolute atomic E-state index is 0.000132. The Hall–Kier alpha value is -1.10. The topological polar surface area (TPSA) is 58.6 Å². The summed E-state index contributed by atoms with van der Waals surface area (Å²) in [5, 5.41) is 3.16. The van der Waals surface area contributed by atoms with Crippen molar-refractivity contribution in [2.24, 2.45) is 0 Å². The molecule has 1 rings (SSSR count). The molecule has 0 spiro atoms. The monoisotopic (exact) mass is 298 g/mol. The molecule has 5 heteroatoms. The number of unbranched alkanes of at least 4 members (excludes halogenated alkanes) is 2. The number of nitrogens with zero attached hydrogens (tertiary/aromatic N) is 1. The van der Waals surface area contributed by atoms with Gasteiger partial charge in [0.15, 0.2) is 0 Å². The van der Waals surface area contributed by atoms with Crippen LogP contribution in [0.1, 0.15) is 59.8 Å². The van der Waals surface area contributed by atoms with E-state index in [0.717, 1.165) is 19.4 Å². The number of likely N-dealkylation sites (tertiary alicyclic amines) is 1. The van der Waals surface area contributed by atoms with E-state index < -0.39 is 11.6 Å². The van der Waals surface area contributed by atoms with E-state index in [2.05, 4.69) is 12.2 Å². The first-order valence-corrected chi connectivity index (χ1v) is 8.08. The van der Waals surface area contributed by atoms with Crippen molar-refractivity contribution in [3.05, 3.63) is 0 Å². The van der Waals surface area contributed by atoms with Crippen molar-refractivity contribution in [3.63, 3.8) is 0 Å². The third-order valence-corrected chi connectivity index (χ3v) is 3.49. The number of amides is 1. The lowest BCUT2D eigenvalue weighted by Crippen LogP contribution is -2.46. The molecule has 0 saturated carbocycles. The highest BCUT2D eigenvalue weighted by molar-refractivity contribution is 5.86. The van der Waals surface area contributed by atoms with Crippen LogP contribution in [0.25, 0.3) is 0 Å². The van der Waals surface area contributed by atoms with Gasteiger partial charge in [-0.05, 0) is 46.6 Å². The van der Waals surface area contributed by atoms with Crippen molar-refractivity contribution < 1.29 is 14.3 Å². The van der Waals surface area contributed by atoms with Gasteiger partial charge in [0, 0.05) is 6.54 Å². The van der Waals surface area contributed by atoms with Crippen LogP contribution in [0.3, 0.4) is 0 Å². The smallest absolute Gasteiger partial charge is 0.329 e.